The predicted molar refractivity (Wildman–Crippen MR) is 150 cm³/mol. The Morgan fingerprint density at radius 1 is 0.846 bits per heavy atom. The van der Waals surface area contributed by atoms with Gasteiger partial charge in [0.2, 0.25) is 0 Å². The SMILES string of the molecule is Fc1c(-c2cncc(CNCc3ccccc3)c2)ncc2[nH]nc(-c3nc4c(-c5cccs5)cncc4[nH]3)c12. The van der Waals surface area contributed by atoms with Crippen molar-refractivity contribution in [2.75, 3.05) is 0 Å². The first kappa shape index (κ1) is 23.3. The molecular weight excluding hydrogens is 511 g/mol. The summed E-state index contributed by atoms with van der Waals surface area (Å²) in [6.45, 7) is 1.32. The average molecular weight is 533 g/mol. The number of nitrogens with zero attached hydrogens (tertiary/aromatic N) is 5. The highest BCUT2D eigenvalue weighted by Crippen LogP contribution is 2.35. The van der Waals surface area contributed by atoms with E-state index in [9.17, 15) is 0 Å². The van der Waals surface area contributed by atoms with Gasteiger partial charge in [0.1, 0.15) is 16.9 Å². The quantitative estimate of drug-likeness (QED) is 0.228. The van der Waals surface area contributed by atoms with Crippen LogP contribution in [0.2, 0.25) is 0 Å². The lowest BCUT2D eigenvalue weighted by Crippen LogP contribution is -2.12. The highest BCUT2D eigenvalue weighted by atomic mass is 32.1. The molecule has 0 fully saturated rings. The molecule has 0 atom stereocenters. The summed E-state index contributed by atoms with van der Waals surface area (Å²) in [5.74, 6) is -0.0281. The Labute approximate surface area is 226 Å². The fourth-order valence-corrected chi connectivity index (χ4v) is 5.40. The second kappa shape index (κ2) is 9.82. The van der Waals surface area contributed by atoms with Gasteiger partial charge in [0.15, 0.2) is 11.6 Å². The highest BCUT2D eigenvalue weighted by Gasteiger charge is 2.21. The minimum Gasteiger partial charge on any atom is -0.335 e. The Hall–Kier alpha value is -4.80. The van der Waals surface area contributed by atoms with Crippen molar-refractivity contribution >= 4 is 33.3 Å². The summed E-state index contributed by atoms with van der Waals surface area (Å²) in [6.07, 6.45) is 8.49. The van der Waals surface area contributed by atoms with E-state index < -0.39 is 5.82 Å². The molecule has 0 aliphatic rings. The van der Waals surface area contributed by atoms with Crippen molar-refractivity contribution in [3.05, 3.63) is 102 Å². The van der Waals surface area contributed by atoms with E-state index in [1.807, 2.05) is 41.8 Å². The molecule has 0 amide bonds. The fraction of sp³-hybridized carbons (Fsp3) is 0.0690. The molecule has 0 aliphatic carbocycles. The van der Waals surface area contributed by atoms with Gasteiger partial charge >= 0.3 is 0 Å². The monoisotopic (exact) mass is 532 g/mol. The first-order valence-electron chi connectivity index (χ1n) is 12.3. The molecule has 0 bridgehead atoms. The van der Waals surface area contributed by atoms with E-state index in [0.717, 1.165) is 33.6 Å². The molecule has 6 aromatic heterocycles. The van der Waals surface area contributed by atoms with Crippen LogP contribution in [0.5, 0.6) is 0 Å². The van der Waals surface area contributed by atoms with Crippen molar-refractivity contribution in [1.29, 1.82) is 0 Å². The van der Waals surface area contributed by atoms with Crippen LogP contribution < -0.4 is 5.32 Å². The Balaban J connectivity index is 1.23. The van der Waals surface area contributed by atoms with E-state index in [2.05, 4.69) is 47.6 Å². The largest absolute Gasteiger partial charge is 0.335 e. The van der Waals surface area contributed by atoms with Crippen molar-refractivity contribution in [1.82, 2.24) is 40.4 Å². The molecule has 0 spiro atoms. The summed E-state index contributed by atoms with van der Waals surface area (Å²) in [6, 6.07) is 16.1. The van der Waals surface area contributed by atoms with Crippen LogP contribution >= 0.6 is 11.3 Å². The van der Waals surface area contributed by atoms with Crippen LogP contribution in [0.4, 0.5) is 4.39 Å². The number of rotatable bonds is 7. The molecule has 1 aromatic carbocycles. The van der Waals surface area contributed by atoms with Crippen LogP contribution in [-0.4, -0.2) is 35.1 Å². The first-order chi connectivity index (χ1) is 19.2. The van der Waals surface area contributed by atoms with Crippen molar-refractivity contribution in [2.24, 2.45) is 0 Å². The zero-order chi connectivity index (χ0) is 26.2. The number of imidazole rings is 1. The zero-order valence-electron chi connectivity index (χ0n) is 20.5. The Morgan fingerprint density at radius 2 is 1.72 bits per heavy atom. The third kappa shape index (κ3) is 4.35. The third-order valence-corrected chi connectivity index (χ3v) is 7.42. The molecule has 7 aromatic rings. The van der Waals surface area contributed by atoms with Crippen LogP contribution in [0, 0.1) is 5.82 Å². The standard InChI is InChI=1S/C29H21FN8S/c30-25-24-21(16-34-26(25)19-9-18(12-32-13-19)11-31-10-17-5-2-1-3-6-17)37-38-28(24)29-35-22-15-33-14-20(27(22)36-29)23-7-4-8-39-23/h1-9,12-16,31H,10-11H2,(H,35,36)(H,37,38). The number of H-pyrrole nitrogens is 2. The van der Waals surface area contributed by atoms with Gasteiger partial charge < -0.3 is 10.3 Å². The van der Waals surface area contributed by atoms with E-state index in [1.54, 1.807) is 42.3 Å². The van der Waals surface area contributed by atoms with Gasteiger partial charge in [0.25, 0.3) is 0 Å². The number of halogens is 1. The number of hydrogen-bond donors (Lipinski definition) is 3. The number of aromatic amines is 2. The summed E-state index contributed by atoms with van der Waals surface area (Å²) in [7, 11) is 0. The van der Waals surface area contributed by atoms with Gasteiger partial charge in [0, 0.05) is 47.7 Å². The molecule has 6 heterocycles. The summed E-state index contributed by atoms with van der Waals surface area (Å²) in [4.78, 5) is 22.2. The van der Waals surface area contributed by atoms with Crippen molar-refractivity contribution < 1.29 is 4.39 Å². The lowest BCUT2D eigenvalue weighted by atomic mass is 10.1. The first-order valence-corrected chi connectivity index (χ1v) is 13.2. The van der Waals surface area contributed by atoms with E-state index in [1.165, 1.54) is 5.56 Å². The van der Waals surface area contributed by atoms with Gasteiger partial charge in [-0.15, -0.1) is 11.3 Å². The van der Waals surface area contributed by atoms with Crippen LogP contribution in [0.3, 0.4) is 0 Å². The lowest BCUT2D eigenvalue weighted by Gasteiger charge is -2.08. The molecule has 8 nitrogen and oxygen atoms in total. The van der Waals surface area contributed by atoms with Crippen LogP contribution in [0.25, 0.3) is 55.2 Å². The number of thiophene rings is 1. The molecule has 3 N–H and O–H groups in total. The summed E-state index contributed by atoms with van der Waals surface area (Å²) in [5, 5.41) is 13.0. The maximum absolute atomic E-state index is 16.1. The molecule has 0 unspecified atom stereocenters. The fourth-order valence-electron chi connectivity index (χ4n) is 4.67. The molecule has 0 saturated carbocycles. The van der Waals surface area contributed by atoms with Crippen molar-refractivity contribution in [2.45, 2.75) is 13.1 Å². The van der Waals surface area contributed by atoms with Gasteiger partial charge in [-0.3, -0.25) is 20.1 Å². The minimum absolute atomic E-state index is 0.208. The second-order valence-electron chi connectivity index (χ2n) is 9.10. The van der Waals surface area contributed by atoms with E-state index in [4.69, 9.17) is 4.98 Å². The molecule has 0 saturated heterocycles. The lowest BCUT2D eigenvalue weighted by molar-refractivity contribution is 0.638. The van der Waals surface area contributed by atoms with Gasteiger partial charge in [0.05, 0.1) is 28.8 Å². The van der Waals surface area contributed by atoms with Crippen molar-refractivity contribution in [3.8, 4) is 33.2 Å². The predicted octanol–water partition coefficient (Wildman–Crippen LogP) is 6.12. The number of fused-ring (bicyclic) bond motifs is 2. The maximum atomic E-state index is 16.1. The van der Waals surface area contributed by atoms with E-state index in [0.29, 0.717) is 34.5 Å². The van der Waals surface area contributed by atoms with E-state index in [-0.39, 0.29) is 5.69 Å². The number of hydrogen-bond acceptors (Lipinski definition) is 7. The Bertz CT molecular complexity index is 1910. The topological polar surface area (TPSA) is 108 Å². The summed E-state index contributed by atoms with van der Waals surface area (Å²) < 4.78 is 16.1. The van der Waals surface area contributed by atoms with Crippen molar-refractivity contribution in [3.63, 3.8) is 0 Å². The van der Waals surface area contributed by atoms with Crippen LogP contribution in [0.1, 0.15) is 11.1 Å². The molecule has 39 heavy (non-hydrogen) atoms. The Kier molecular flexibility index (Phi) is 5.87. The zero-order valence-corrected chi connectivity index (χ0v) is 21.3. The molecule has 0 radical (unpaired) electrons. The normalized spacial score (nSPS) is 11.5. The summed E-state index contributed by atoms with van der Waals surface area (Å²) in [5.41, 5.74) is 6.21. The molecule has 0 aliphatic heterocycles. The molecule has 190 valence electrons. The van der Waals surface area contributed by atoms with Crippen LogP contribution in [-0.2, 0) is 13.1 Å². The third-order valence-electron chi connectivity index (χ3n) is 6.52. The maximum Gasteiger partial charge on any atom is 0.161 e. The Morgan fingerprint density at radius 3 is 2.59 bits per heavy atom. The number of pyridine rings is 3. The number of nitrogens with one attached hydrogen (secondary N) is 3. The van der Waals surface area contributed by atoms with Gasteiger partial charge in [-0.25, -0.2) is 9.37 Å². The minimum atomic E-state index is -0.482. The molecule has 7 rings (SSSR count). The molecule has 10 heteroatoms. The number of aromatic nitrogens is 7. The van der Waals surface area contributed by atoms with Gasteiger partial charge in [-0.2, -0.15) is 5.10 Å². The summed E-state index contributed by atoms with van der Waals surface area (Å²) >= 11 is 1.61. The molecular formula is C29H21FN8S. The average Bonchev–Trinajstić information content (AvgIpc) is 3.74. The van der Waals surface area contributed by atoms with Gasteiger partial charge in [-0.1, -0.05) is 36.4 Å². The smallest absolute Gasteiger partial charge is 0.161 e. The second-order valence-corrected chi connectivity index (χ2v) is 10.0. The van der Waals surface area contributed by atoms with Gasteiger partial charge in [-0.05, 0) is 28.6 Å². The highest BCUT2D eigenvalue weighted by molar-refractivity contribution is 7.13. The van der Waals surface area contributed by atoms with E-state index >= 15 is 4.39 Å². The number of benzene rings is 1. The van der Waals surface area contributed by atoms with Crippen LogP contribution in [0.15, 0.2) is 84.9 Å².